The highest BCUT2D eigenvalue weighted by Gasteiger charge is 2.50. The quantitative estimate of drug-likeness (QED) is 0.0865. The Hall–Kier alpha value is -5.65. The number of hydrogen-bond acceptors (Lipinski definition) is 11. The molecule has 0 saturated carbocycles. The molecule has 1 aliphatic heterocycles. The standard InChI is InChI=1S/C37H33NO10/c1-24(2)44-37-30(38-48-36(42)28-21-13-6-14-22-28)32(47-35(41)27-19-11-5-12-20-27)31(46-34(40)26-17-9-4-10-18-26)29(45-37)23-43-33(39)25-15-7-3-8-16-25/h3-22,24,29,31-32,37H,23H2,1-2H3/b38-30+/t29-,31-,32-,37-/m1/s1. The van der Waals surface area contributed by atoms with Crippen LogP contribution in [-0.2, 0) is 28.5 Å². The molecule has 11 heteroatoms. The maximum Gasteiger partial charge on any atom is 0.365 e. The lowest BCUT2D eigenvalue weighted by Crippen LogP contribution is -2.60. The van der Waals surface area contributed by atoms with Crippen molar-refractivity contribution in [3.8, 4) is 0 Å². The Morgan fingerprint density at radius 2 is 1.06 bits per heavy atom. The van der Waals surface area contributed by atoms with Crippen molar-refractivity contribution < 1.29 is 47.7 Å². The largest absolute Gasteiger partial charge is 0.459 e. The maximum atomic E-state index is 13.5. The van der Waals surface area contributed by atoms with Gasteiger partial charge in [-0.25, -0.2) is 19.2 Å². The van der Waals surface area contributed by atoms with E-state index < -0.39 is 61.2 Å². The van der Waals surface area contributed by atoms with E-state index in [2.05, 4.69) is 5.16 Å². The van der Waals surface area contributed by atoms with Gasteiger partial charge in [0.05, 0.1) is 28.4 Å². The minimum absolute atomic E-state index is 0.186. The van der Waals surface area contributed by atoms with Gasteiger partial charge < -0.3 is 28.5 Å². The summed E-state index contributed by atoms with van der Waals surface area (Å²) in [5, 5.41) is 4.07. The molecule has 1 saturated heterocycles. The molecular formula is C37H33NO10. The van der Waals surface area contributed by atoms with Crippen molar-refractivity contribution in [1.29, 1.82) is 0 Å². The molecule has 0 unspecified atom stereocenters. The Bertz CT molecular complexity index is 1710. The molecule has 1 aliphatic rings. The Balaban J connectivity index is 1.55. The Kier molecular flexibility index (Phi) is 11.4. The van der Waals surface area contributed by atoms with Gasteiger partial charge in [0.1, 0.15) is 12.7 Å². The molecule has 11 nitrogen and oxygen atoms in total. The topological polar surface area (TPSA) is 136 Å². The van der Waals surface area contributed by atoms with E-state index in [1.165, 1.54) is 12.1 Å². The normalized spacial score (nSPS) is 19.7. The summed E-state index contributed by atoms with van der Waals surface area (Å²) in [4.78, 5) is 58.1. The second-order valence-corrected chi connectivity index (χ2v) is 10.8. The highest BCUT2D eigenvalue weighted by atomic mass is 16.7. The first-order chi connectivity index (χ1) is 23.3. The second-order valence-electron chi connectivity index (χ2n) is 10.8. The molecule has 0 radical (unpaired) electrons. The zero-order chi connectivity index (χ0) is 33.9. The molecule has 4 aromatic rings. The third-order valence-electron chi connectivity index (χ3n) is 7.02. The van der Waals surface area contributed by atoms with Crippen molar-refractivity contribution >= 4 is 29.6 Å². The van der Waals surface area contributed by atoms with E-state index >= 15 is 0 Å². The number of rotatable bonds is 11. The van der Waals surface area contributed by atoms with Crippen molar-refractivity contribution in [2.75, 3.05) is 6.61 Å². The number of nitrogens with zero attached hydrogens (tertiary/aromatic N) is 1. The Morgan fingerprint density at radius 3 is 1.54 bits per heavy atom. The summed E-state index contributed by atoms with van der Waals surface area (Å²) >= 11 is 0. The van der Waals surface area contributed by atoms with Crippen LogP contribution in [0.5, 0.6) is 0 Å². The fraction of sp³-hybridized carbons (Fsp3) is 0.216. The van der Waals surface area contributed by atoms with Crippen LogP contribution in [0.2, 0.25) is 0 Å². The van der Waals surface area contributed by atoms with E-state index in [1.54, 1.807) is 123 Å². The van der Waals surface area contributed by atoms with E-state index in [0.29, 0.717) is 0 Å². The molecule has 5 rings (SSSR count). The number of esters is 3. The van der Waals surface area contributed by atoms with Gasteiger partial charge >= 0.3 is 23.9 Å². The summed E-state index contributed by atoms with van der Waals surface area (Å²) < 4.78 is 29.7. The minimum Gasteiger partial charge on any atom is -0.459 e. The number of carbonyl (C=O) groups is 4. The molecule has 48 heavy (non-hydrogen) atoms. The van der Waals surface area contributed by atoms with E-state index in [0.717, 1.165) is 0 Å². The molecule has 0 aliphatic carbocycles. The van der Waals surface area contributed by atoms with E-state index in [9.17, 15) is 19.2 Å². The van der Waals surface area contributed by atoms with Crippen molar-refractivity contribution in [2.45, 2.75) is 44.6 Å². The molecule has 1 heterocycles. The molecule has 4 atom stereocenters. The van der Waals surface area contributed by atoms with Crippen LogP contribution >= 0.6 is 0 Å². The van der Waals surface area contributed by atoms with Crippen LogP contribution in [0.25, 0.3) is 0 Å². The van der Waals surface area contributed by atoms with Gasteiger partial charge in [0.15, 0.2) is 17.9 Å². The summed E-state index contributed by atoms with van der Waals surface area (Å²) in [6.07, 6.45) is -6.05. The van der Waals surface area contributed by atoms with E-state index in [1.807, 2.05) is 0 Å². The SMILES string of the molecule is CC(C)O[C@@H]1O[C@H](COC(=O)c2ccccc2)[C@@H](OC(=O)c2ccccc2)[C@H](OC(=O)c2ccccc2)/C1=N\OC(=O)c1ccccc1. The Labute approximate surface area is 277 Å². The molecular weight excluding hydrogens is 618 g/mol. The first-order valence-electron chi connectivity index (χ1n) is 15.2. The predicted octanol–water partition coefficient (Wildman–Crippen LogP) is 5.66. The lowest BCUT2D eigenvalue weighted by molar-refractivity contribution is -0.212. The molecule has 0 aromatic heterocycles. The molecule has 1 fully saturated rings. The molecule has 0 spiro atoms. The maximum absolute atomic E-state index is 13.5. The lowest BCUT2D eigenvalue weighted by Gasteiger charge is -2.40. The van der Waals surface area contributed by atoms with E-state index in [4.69, 9.17) is 28.5 Å². The molecule has 0 amide bonds. The smallest absolute Gasteiger partial charge is 0.365 e. The van der Waals surface area contributed by atoms with Gasteiger partial charge in [-0.05, 0) is 62.4 Å². The minimum atomic E-state index is -1.52. The summed E-state index contributed by atoms with van der Waals surface area (Å²) in [6, 6.07) is 32.7. The van der Waals surface area contributed by atoms with Gasteiger partial charge in [0.25, 0.3) is 0 Å². The summed E-state index contributed by atoms with van der Waals surface area (Å²) in [7, 11) is 0. The molecule has 246 valence electrons. The van der Waals surface area contributed by atoms with Crippen LogP contribution in [0.3, 0.4) is 0 Å². The fourth-order valence-corrected chi connectivity index (χ4v) is 4.71. The molecule has 4 aromatic carbocycles. The monoisotopic (exact) mass is 651 g/mol. The molecule has 0 N–H and O–H groups in total. The van der Waals surface area contributed by atoms with Gasteiger partial charge in [0, 0.05) is 0 Å². The van der Waals surface area contributed by atoms with Crippen molar-refractivity contribution in [1.82, 2.24) is 0 Å². The average Bonchev–Trinajstić information content (AvgIpc) is 3.12. The number of oxime groups is 1. The van der Waals surface area contributed by atoms with Crippen LogP contribution in [-0.4, -0.2) is 66.9 Å². The van der Waals surface area contributed by atoms with Gasteiger partial charge in [0.2, 0.25) is 6.29 Å². The van der Waals surface area contributed by atoms with Crippen molar-refractivity contribution in [3.05, 3.63) is 144 Å². The number of carbonyl (C=O) groups excluding carboxylic acids is 4. The number of benzene rings is 4. The summed E-state index contributed by atoms with van der Waals surface area (Å²) in [6.45, 7) is 3.02. The van der Waals surface area contributed by atoms with Crippen LogP contribution in [0.15, 0.2) is 126 Å². The van der Waals surface area contributed by atoms with Gasteiger partial charge in [-0.2, -0.15) is 0 Å². The van der Waals surface area contributed by atoms with Gasteiger partial charge in [-0.15, -0.1) is 0 Å². The zero-order valence-corrected chi connectivity index (χ0v) is 26.2. The van der Waals surface area contributed by atoms with E-state index in [-0.39, 0.29) is 28.0 Å². The fourth-order valence-electron chi connectivity index (χ4n) is 4.71. The summed E-state index contributed by atoms with van der Waals surface area (Å²) in [5.74, 6) is -3.05. The van der Waals surface area contributed by atoms with Crippen LogP contribution in [0.4, 0.5) is 0 Å². The highest BCUT2D eigenvalue weighted by Crippen LogP contribution is 2.28. The van der Waals surface area contributed by atoms with Crippen LogP contribution < -0.4 is 0 Å². The highest BCUT2D eigenvalue weighted by molar-refractivity contribution is 5.98. The van der Waals surface area contributed by atoms with Crippen molar-refractivity contribution in [3.63, 3.8) is 0 Å². The first-order valence-corrected chi connectivity index (χ1v) is 15.2. The number of ether oxygens (including phenoxy) is 5. The third kappa shape index (κ3) is 8.78. The molecule has 0 bridgehead atoms. The zero-order valence-electron chi connectivity index (χ0n) is 26.2. The third-order valence-corrected chi connectivity index (χ3v) is 7.02. The Morgan fingerprint density at radius 1 is 0.625 bits per heavy atom. The average molecular weight is 652 g/mol. The second kappa shape index (κ2) is 16.3. The van der Waals surface area contributed by atoms with Gasteiger partial charge in [-0.1, -0.05) is 78.0 Å². The predicted molar refractivity (Wildman–Crippen MR) is 172 cm³/mol. The van der Waals surface area contributed by atoms with Crippen LogP contribution in [0.1, 0.15) is 55.3 Å². The van der Waals surface area contributed by atoms with Gasteiger partial charge in [-0.3, -0.25) is 0 Å². The number of hydrogen-bond donors (Lipinski definition) is 0. The summed E-state index contributed by atoms with van der Waals surface area (Å²) in [5.41, 5.74) is 0.666. The lowest BCUT2D eigenvalue weighted by atomic mass is 9.98. The first kappa shape index (κ1) is 33.7. The van der Waals surface area contributed by atoms with Crippen molar-refractivity contribution in [2.24, 2.45) is 5.16 Å². The van der Waals surface area contributed by atoms with Crippen LogP contribution in [0, 0.1) is 0 Å².